The molecule has 20 heavy (non-hydrogen) atoms. The van der Waals surface area contributed by atoms with Crippen LogP contribution in [0.15, 0.2) is 24.3 Å². The van der Waals surface area contributed by atoms with E-state index in [1.54, 1.807) is 12.1 Å². The molecule has 0 amide bonds. The molecule has 6 heteroatoms. The number of benzene rings is 1. The lowest BCUT2D eigenvalue weighted by Gasteiger charge is -2.07. The molecule has 2 heterocycles. The van der Waals surface area contributed by atoms with E-state index in [4.69, 9.17) is 16.9 Å². The van der Waals surface area contributed by atoms with Crippen molar-refractivity contribution in [1.29, 1.82) is 5.26 Å². The maximum Gasteiger partial charge on any atom is 0.199 e. The molecular formula is C14H10ClN5. The van der Waals surface area contributed by atoms with Crippen molar-refractivity contribution in [2.24, 2.45) is 0 Å². The molecule has 1 aromatic carbocycles. The first kappa shape index (κ1) is 12.6. The number of nitrogens with zero attached hydrogens (tertiary/aromatic N) is 5. The molecule has 0 saturated heterocycles. The summed E-state index contributed by atoms with van der Waals surface area (Å²) in [6, 6.07) is 9.29. The minimum absolute atomic E-state index is 0.334. The van der Waals surface area contributed by atoms with Crippen molar-refractivity contribution in [3.8, 4) is 17.5 Å². The molecule has 0 saturated carbocycles. The second-order valence-electron chi connectivity index (χ2n) is 4.45. The van der Waals surface area contributed by atoms with Gasteiger partial charge in [0.15, 0.2) is 16.6 Å². The predicted molar refractivity (Wildman–Crippen MR) is 75.4 cm³/mol. The Kier molecular flexibility index (Phi) is 2.88. The Hall–Kier alpha value is -2.45. The SMILES string of the molecule is Cc1nc(Cl)c2nnc(-c3ccc(C#N)cc3)n2c1C. The van der Waals surface area contributed by atoms with Gasteiger partial charge in [0.1, 0.15) is 0 Å². The lowest BCUT2D eigenvalue weighted by molar-refractivity contribution is 1.000. The van der Waals surface area contributed by atoms with Crippen LogP contribution in [0.4, 0.5) is 0 Å². The van der Waals surface area contributed by atoms with E-state index in [2.05, 4.69) is 21.3 Å². The van der Waals surface area contributed by atoms with Crippen molar-refractivity contribution in [3.05, 3.63) is 46.4 Å². The number of nitriles is 1. The number of fused-ring (bicyclic) bond motifs is 1. The van der Waals surface area contributed by atoms with Crippen LogP contribution >= 0.6 is 11.6 Å². The third-order valence-electron chi connectivity index (χ3n) is 3.24. The Morgan fingerprint density at radius 2 is 1.85 bits per heavy atom. The highest BCUT2D eigenvalue weighted by atomic mass is 35.5. The van der Waals surface area contributed by atoms with Gasteiger partial charge >= 0.3 is 0 Å². The van der Waals surface area contributed by atoms with Crippen molar-refractivity contribution in [1.82, 2.24) is 19.6 Å². The molecule has 0 spiro atoms. The minimum Gasteiger partial charge on any atom is -0.275 e. The summed E-state index contributed by atoms with van der Waals surface area (Å²) in [4.78, 5) is 4.23. The summed E-state index contributed by atoms with van der Waals surface area (Å²) in [7, 11) is 0. The number of hydrogen-bond acceptors (Lipinski definition) is 4. The van der Waals surface area contributed by atoms with Crippen molar-refractivity contribution in [2.45, 2.75) is 13.8 Å². The van der Waals surface area contributed by atoms with Gasteiger partial charge in [-0.1, -0.05) is 11.6 Å². The Labute approximate surface area is 120 Å². The van der Waals surface area contributed by atoms with E-state index in [9.17, 15) is 0 Å². The summed E-state index contributed by atoms with van der Waals surface area (Å²) in [5.41, 5.74) is 3.79. The first-order chi connectivity index (χ1) is 9.61. The van der Waals surface area contributed by atoms with E-state index in [0.29, 0.717) is 22.2 Å². The van der Waals surface area contributed by atoms with Crippen LogP contribution < -0.4 is 0 Å². The molecule has 0 radical (unpaired) electrons. The van der Waals surface area contributed by atoms with E-state index in [0.717, 1.165) is 17.0 Å². The highest BCUT2D eigenvalue weighted by Crippen LogP contribution is 2.24. The summed E-state index contributed by atoms with van der Waals surface area (Å²) in [6.07, 6.45) is 0. The largest absolute Gasteiger partial charge is 0.275 e. The van der Waals surface area contributed by atoms with Crippen molar-refractivity contribution < 1.29 is 0 Å². The second-order valence-corrected chi connectivity index (χ2v) is 4.80. The van der Waals surface area contributed by atoms with Crippen molar-refractivity contribution >= 4 is 17.2 Å². The Morgan fingerprint density at radius 3 is 2.50 bits per heavy atom. The van der Waals surface area contributed by atoms with E-state index in [1.165, 1.54) is 0 Å². The van der Waals surface area contributed by atoms with E-state index >= 15 is 0 Å². The number of aryl methyl sites for hydroxylation is 2. The highest BCUT2D eigenvalue weighted by molar-refractivity contribution is 6.32. The van der Waals surface area contributed by atoms with Gasteiger partial charge in [0, 0.05) is 11.3 Å². The molecular weight excluding hydrogens is 274 g/mol. The van der Waals surface area contributed by atoms with Gasteiger partial charge in [-0.25, -0.2) is 4.98 Å². The smallest absolute Gasteiger partial charge is 0.199 e. The molecule has 3 rings (SSSR count). The van der Waals surface area contributed by atoms with Crippen LogP contribution in [0.5, 0.6) is 0 Å². The summed E-state index contributed by atoms with van der Waals surface area (Å²) >= 11 is 6.11. The standard InChI is InChI=1S/C14H10ClN5/c1-8-9(2)20-13(18-19-14(20)12(15)17-8)11-5-3-10(7-16)4-6-11/h3-6H,1-2H3. The van der Waals surface area contributed by atoms with Gasteiger partial charge in [0.2, 0.25) is 0 Å². The molecule has 2 aromatic heterocycles. The zero-order valence-corrected chi connectivity index (χ0v) is 11.7. The lowest BCUT2D eigenvalue weighted by atomic mass is 10.1. The topological polar surface area (TPSA) is 66.9 Å². The molecule has 0 fully saturated rings. The molecule has 0 N–H and O–H groups in total. The Balaban J connectivity index is 2.29. The molecule has 5 nitrogen and oxygen atoms in total. The molecule has 98 valence electrons. The fourth-order valence-corrected chi connectivity index (χ4v) is 2.31. The zero-order chi connectivity index (χ0) is 14.3. The molecule has 0 bridgehead atoms. The van der Waals surface area contributed by atoms with Gasteiger partial charge in [-0.05, 0) is 38.1 Å². The second kappa shape index (κ2) is 4.58. The summed E-state index contributed by atoms with van der Waals surface area (Å²) in [5, 5.41) is 17.5. The quantitative estimate of drug-likeness (QED) is 0.688. The first-order valence-corrected chi connectivity index (χ1v) is 6.38. The fourth-order valence-electron chi connectivity index (χ4n) is 2.06. The van der Waals surface area contributed by atoms with Crippen LogP contribution in [-0.4, -0.2) is 19.6 Å². The van der Waals surface area contributed by atoms with Crippen molar-refractivity contribution in [3.63, 3.8) is 0 Å². The van der Waals surface area contributed by atoms with Crippen LogP contribution in [0.25, 0.3) is 17.0 Å². The number of hydrogen-bond donors (Lipinski definition) is 0. The Morgan fingerprint density at radius 1 is 1.15 bits per heavy atom. The summed E-state index contributed by atoms with van der Waals surface area (Å²) in [6.45, 7) is 3.84. The average Bonchev–Trinajstić information content (AvgIpc) is 2.90. The number of aromatic nitrogens is 4. The zero-order valence-electron chi connectivity index (χ0n) is 10.9. The highest BCUT2D eigenvalue weighted by Gasteiger charge is 2.15. The van der Waals surface area contributed by atoms with E-state index in [-0.39, 0.29) is 0 Å². The van der Waals surface area contributed by atoms with Gasteiger partial charge in [-0.15, -0.1) is 10.2 Å². The average molecular weight is 284 g/mol. The molecule has 0 unspecified atom stereocenters. The van der Waals surface area contributed by atoms with Gasteiger partial charge in [-0.2, -0.15) is 5.26 Å². The number of rotatable bonds is 1. The summed E-state index contributed by atoms with van der Waals surface area (Å²) < 4.78 is 1.88. The lowest BCUT2D eigenvalue weighted by Crippen LogP contribution is -2.00. The minimum atomic E-state index is 0.334. The molecule has 0 aliphatic carbocycles. The maximum absolute atomic E-state index is 8.84. The van der Waals surface area contributed by atoms with E-state index in [1.807, 2.05) is 30.4 Å². The molecule has 3 aromatic rings. The van der Waals surface area contributed by atoms with Gasteiger partial charge in [0.05, 0.1) is 17.3 Å². The normalized spacial score (nSPS) is 10.7. The maximum atomic E-state index is 8.84. The predicted octanol–water partition coefficient (Wildman–Crippen LogP) is 2.93. The van der Waals surface area contributed by atoms with Gasteiger partial charge < -0.3 is 0 Å². The molecule has 0 aliphatic rings. The van der Waals surface area contributed by atoms with Crippen LogP contribution in [0.2, 0.25) is 5.15 Å². The van der Waals surface area contributed by atoms with E-state index < -0.39 is 0 Å². The van der Waals surface area contributed by atoms with Crippen LogP contribution in [0, 0.1) is 25.2 Å². The first-order valence-electron chi connectivity index (χ1n) is 6.00. The molecule has 0 atom stereocenters. The van der Waals surface area contributed by atoms with Crippen LogP contribution in [0.1, 0.15) is 17.0 Å². The monoisotopic (exact) mass is 283 g/mol. The third-order valence-corrected chi connectivity index (χ3v) is 3.50. The van der Waals surface area contributed by atoms with Crippen molar-refractivity contribution in [2.75, 3.05) is 0 Å². The fraction of sp³-hybridized carbons (Fsp3) is 0.143. The van der Waals surface area contributed by atoms with Crippen LogP contribution in [-0.2, 0) is 0 Å². The van der Waals surface area contributed by atoms with Gasteiger partial charge in [-0.3, -0.25) is 4.40 Å². The number of halogens is 1. The molecule has 0 aliphatic heterocycles. The summed E-state index contributed by atoms with van der Waals surface area (Å²) in [5.74, 6) is 0.689. The third kappa shape index (κ3) is 1.82. The van der Waals surface area contributed by atoms with Gasteiger partial charge in [0.25, 0.3) is 0 Å². The Bertz CT molecular complexity index is 843. The van der Waals surface area contributed by atoms with Crippen LogP contribution in [0.3, 0.4) is 0 Å².